The highest BCUT2D eigenvalue weighted by Gasteiger charge is 2.22. The molecular weight excluding hydrogens is 302 g/mol. The average molecular weight is 328 g/mol. The van der Waals surface area contributed by atoms with Gasteiger partial charge < -0.3 is 0 Å². The molecule has 0 aliphatic heterocycles. The van der Waals surface area contributed by atoms with E-state index in [2.05, 4.69) is 32.0 Å². The standard InChI is InChI=1S/C22H26F2/c1-3-4-16-5-7-17(8-6-16)18-9-11-20(15(2)13-18)19-10-12-21(23)22(24)14-19/h9-14,16-17H,3-8H2,1-2H3. The molecule has 0 N–H and O–H groups in total. The lowest BCUT2D eigenvalue weighted by Crippen LogP contribution is -2.13. The Balaban J connectivity index is 1.76. The van der Waals surface area contributed by atoms with Crippen LogP contribution in [0.15, 0.2) is 36.4 Å². The highest BCUT2D eigenvalue weighted by molar-refractivity contribution is 5.67. The van der Waals surface area contributed by atoms with Crippen LogP contribution in [0.4, 0.5) is 8.78 Å². The summed E-state index contributed by atoms with van der Waals surface area (Å²) in [5, 5.41) is 0. The first-order valence-corrected chi connectivity index (χ1v) is 9.14. The van der Waals surface area contributed by atoms with E-state index in [9.17, 15) is 8.78 Å². The normalized spacial score (nSPS) is 21.0. The van der Waals surface area contributed by atoms with Gasteiger partial charge in [-0.15, -0.1) is 0 Å². The predicted molar refractivity (Wildman–Crippen MR) is 96.1 cm³/mol. The lowest BCUT2D eigenvalue weighted by molar-refractivity contribution is 0.308. The fraction of sp³-hybridized carbons (Fsp3) is 0.455. The largest absolute Gasteiger partial charge is 0.204 e. The van der Waals surface area contributed by atoms with Gasteiger partial charge in [0.1, 0.15) is 0 Å². The molecule has 0 bridgehead atoms. The van der Waals surface area contributed by atoms with Gasteiger partial charge >= 0.3 is 0 Å². The zero-order valence-electron chi connectivity index (χ0n) is 14.6. The first-order valence-electron chi connectivity index (χ1n) is 9.14. The van der Waals surface area contributed by atoms with Crippen molar-refractivity contribution in [2.45, 2.75) is 58.3 Å². The van der Waals surface area contributed by atoms with Gasteiger partial charge in [-0.2, -0.15) is 0 Å². The van der Waals surface area contributed by atoms with Gasteiger partial charge in [-0.05, 0) is 78.8 Å². The van der Waals surface area contributed by atoms with Crippen LogP contribution in [0.25, 0.3) is 11.1 Å². The zero-order chi connectivity index (χ0) is 17.1. The first-order chi connectivity index (χ1) is 11.6. The molecule has 0 heterocycles. The Morgan fingerprint density at radius 2 is 1.67 bits per heavy atom. The summed E-state index contributed by atoms with van der Waals surface area (Å²) in [5.74, 6) is -0.0216. The molecule has 1 aliphatic rings. The molecule has 0 atom stereocenters. The van der Waals surface area contributed by atoms with Gasteiger partial charge in [0, 0.05) is 0 Å². The van der Waals surface area contributed by atoms with E-state index in [4.69, 9.17) is 0 Å². The SMILES string of the molecule is CCCC1CCC(c2ccc(-c3ccc(F)c(F)c3)c(C)c2)CC1. The van der Waals surface area contributed by atoms with E-state index in [-0.39, 0.29) is 0 Å². The van der Waals surface area contributed by atoms with Crippen LogP contribution in [0, 0.1) is 24.5 Å². The fourth-order valence-corrected chi connectivity index (χ4v) is 4.12. The summed E-state index contributed by atoms with van der Waals surface area (Å²) in [6, 6.07) is 10.6. The van der Waals surface area contributed by atoms with Crippen LogP contribution in [-0.2, 0) is 0 Å². The Kier molecular flexibility index (Phi) is 5.33. The molecule has 0 spiro atoms. The third kappa shape index (κ3) is 3.68. The van der Waals surface area contributed by atoms with Crippen LogP contribution in [0.2, 0.25) is 0 Å². The minimum absolute atomic E-state index is 0.649. The second-order valence-corrected chi connectivity index (χ2v) is 7.21. The number of benzene rings is 2. The molecule has 2 heteroatoms. The summed E-state index contributed by atoms with van der Waals surface area (Å²) in [5.41, 5.74) is 4.25. The smallest absolute Gasteiger partial charge is 0.159 e. The number of hydrogen-bond donors (Lipinski definition) is 0. The Hall–Kier alpha value is -1.70. The third-order valence-corrected chi connectivity index (χ3v) is 5.50. The van der Waals surface area contributed by atoms with Crippen molar-refractivity contribution >= 4 is 0 Å². The molecule has 24 heavy (non-hydrogen) atoms. The van der Waals surface area contributed by atoms with Crippen molar-refractivity contribution < 1.29 is 8.78 Å². The summed E-state index contributed by atoms with van der Waals surface area (Å²) in [4.78, 5) is 0. The molecule has 2 aromatic rings. The predicted octanol–water partition coefficient (Wildman–Crippen LogP) is 7.01. The Labute approximate surface area is 143 Å². The van der Waals surface area contributed by atoms with E-state index >= 15 is 0 Å². The lowest BCUT2D eigenvalue weighted by Gasteiger charge is -2.29. The summed E-state index contributed by atoms with van der Waals surface area (Å²) in [6.07, 6.45) is 7.87. The van der Waals surface area contributed by atoms with Gasteiger partial charge in [-0.3, -0.25) is 0 Å². The molecule has 1 saturated carbocycles. The molecule has 0 nitrogen and oxygen atoms in total. The Bertz CT molecular complexity index is 697. The van der Waals surface area contributed by atoms with Crippen molar-refractivity contribution in [1.82, 2.24) is 0 Å². The van der Waals surface area contributed by atoms with E-state index in [0.29, 0.717) is 5.92 Å². The van der Waals surface area contributed by atoms with Gasteiger partial charge in [-0.1, -0.05) is 44.0 Å². The molecule has 128 valence electrons. The second-order valence-electron chi connectivity index (χ2n) is 7.21. The van der Waals surface area contributed by atoms with Gasteiger partial charge in [0.05, 0.1) is 0 Å². The van der Waals surface area contributed by atoms with E-state index in [1.165, 1.54) is 56.2 Å². The van der Waals surface area contributed by atoms with Gasteiger partial charge in [0.15, 0.2) is 11.6 Å². The van der Waals surface area contributed by atoms with E-state index in [1.54, 1.807) is 6.07 Å². The van der Waals surface area contributed by atoms with Crippen molar-refractivity contribution in [3.8, 4) is 11.1 Å². The van der Waals surface area contributed by atoms with Crippen molar-refractivity contribution in [1.29, 1.82) is 0 Å². The topological polar surface area (TPSA) is 0 Å². The maximum Gasteiger partial charge on any atom is 0.159 e. The average Bonchev–Trinajstić information content (AvgIpc) is 2.58. The van der Waals surface area contributed by atoms with E-state index in [0.717, 1.165) is 22.6 Å². The van der Waals surface area contributed by atoms with Gasteiger partial charge in [0.2, 0.25) is 0 Å². The van der Waals surface area contributed by atoms with Gasteiger partial charge in [-0.25, -0.2) is 8.78 Å². The highest BCUT2D eigenvalue weighted by atomic mass is 19.2. The molecule has 1 aliphatic carbocycles. The van der Waals surface area contributed by atoms with Crippen molar-refractivity contribution in [2.24, 2.45) is 5.92 Å². The molecule has 0 saturated heterocycles. The minimum Gasteiger partial charge on any atom is -0.204 e. The number of aryl methyl sites for hydroxylation is 1. The Morgan fingerprint density at radius 3 is 2.29 bits per heavy atom. The molecule has 1 fully saturated rings. The van der Waals surface area contributed by atoms with Crippen LogP contribution in [0.1, 0.15) is 62.5 Å². The van der Waals surface area contributed by atoms with Crippen molar-refractivity contribution in [2.75, 3.05) is 0 Å². The van der Waals surface area contributed by atoms with Crippen LogP contribution in [0.5, 0.6) is 0 Å². The van der Waals surface area contributed by atoms with Crippen molar-refractivity contribution in [3.05, 3.63) is 59.2 Å². The van der Waals surface area contributed by atoms with Crippen LogP contribution in [-0.4, -0.2) is 0 Å². The summed E-state index contributed by atoms with van der Waals surface area (Å²) in [6.45, 7) is 4.33. The van der Waals surface area contributed by atoms with Crippen LogP contribution < -0.4 is 0 Å². The molecule has 0 radical (unpaired) electrons. The summed E-state index contributed by atoms with van der Waals surface area (Å²) in [7, 11) is 0. The van der Waals surface area contributed by atoms with E-state index in [1.807, 2.05) is 0 Å². The maximum absolute atomic E-state index is 13.5. The van der Waals surface area contributed by atoms with Gasteiger partial charge in [0.25, 0.3) is 0 Å². The third-order valence-electron chi connectivity index (χ3n) is 5.50. The lowest BCUT2D eigenvalue weighted by atomic mass is 9.77. The molecular formula is C22H26F2. The Morgan fingerprint density at radius 1 is 0.917 bits per heavy atom. The summed E-state index contributed by atoms with van der Waals surface area (Å²) >= 11 is 0. The molecule has 0 aromatic heterocycles. The van der Waals surface area contributed by atoms with Crippen LogP contribution in [0.3, 0.4) is 0 Å². The number of hydrogen-bond acceptors (Lipinski definition) is 0. The minimum atomic E-state index is -0.795. The second kappa shape index (κ2) is 7.46. The van der Waals surface area contributed by atoms with Crippen LogP contribution >= 0.6 is 0 Å². The zero-order valence-corrected chi connectivity index (χ0v) is 14.6. The monoisotopic (exact) mass is 328 g/mol. The number of halogens is 2. The highest BCUT2D eigenvalue weighted by Crippen LogP contribution is 2.38. The quantitative estimate of drug-likeness (QED) is 0.566. The van der Waals surface area contributed by atoms with E-state index < -0.39 is 11.6 Å². The molecule has 3 rings (SSSR count). The first kappa shape index (κ1) is 17.1. The number of rotatable bonds is 4. The maximum atomic E-state index is 13.5. The fourth-order valence-electron chi connectivity index (χ4n) is 4.12. The summed E-state index contributed by atoms with van der Waals surface area (Å²) < 4.78 is 26.6. The molecule has 0 unspecified atom stereocenters. The van der Waals surface area contributed by atoms with Crippen molar-refractivity contribution in [3.63, 3.8) is 0 Å². The molecule has 0 amide bonds. The molecule has 2 aromatic carbocycles.